The molecule has 1 fully saturated rings. The minimum absolute atomic E-state index is 0.00930. The second-order valence-electron chi connectivity index (χ2n) is 5.28. The zero-order valence-corrected chi connectivity index (χ0v) is 11.9. The largest absolute Gasteiger partial charge is 0.349 e. The summed E-state index contributed by atoms with van der Waals surface area (Å²) in [6.45, 7) is 2.09. The Hall–Kier alpha value is -1.47. The zero-order valence-electron chi connectivity index (χ0n) is 11.1. The summed E-state index contributed by atoms with van der Waals surface area (Å²) in [6.07, 6.45) is 2.72. The number of carbonyl (C=O) groups excluding carboxylic acids is 1. The van der Waals surface area contributed by atoms with Gasteiger partial charge in [0.15, 0.2) is 0 Å². The fourth-order valence-electron chi connectivity index (χ4n) is 2.46. The Bertz CT molecular complexity index is 631. The van der Waals surface area contributed by atoms with Crippen LogP contribution in [0.3, 0.4) is 0 Å². The summed E-state index contributed by atoms with van der Waals surface area (Å²) in [5, 5.41) is 7.71. The molecule has 0 aliphatic heterocycles. The Kier molecular flexibility index (Phi) is 4.10. The van der Waals surface area contributed by atoms with Crippen molar-refractivity contribution >= 4 is 15.9 Å². The molecule has 1 aliphatic rings. The molecule has 1 aliphatic carbocycles. The van der Waals surface area contributed by atoms with E-state index in [1.807, 2.05) is 0 Å². The number of carbonyl (C=O) groups is 1. The number of benzene rings is 1. The van der Waals surface area contributed by atoms with E-state index in [1.165, 1.54) is 0 Å². The maximum absolute atomic E-state index is 13.7. The highest BCUT2D eigenvalue weighted by Crippen LogP contribution is 2.25. The van der Waals surface area contributed by atoms with Crippen LogP contribution in [-0.4, -0.2) is 20.4 Å². The highest BCUT2D eigenvalue weighted by atomic mass is 32.2. The van der Waals surface area contributed by atoms with Crippen molar-refractivity contribution in [2.45, 2.75) is 37.1 Å². The lowest BCUT2D eigenvalue weighted by molar-refractivity contribution is 0.0933. The van der Waals surface area contributed by atoms with Gasteiger partial charge in [-0.3, -0.25) is 4.79 Å². The fourth-order valence-corrected chi connectivity index (χ4v) is 3.00. The molecule has 7 heteroatoms. The molecule has 1 saturated carbocycles. The van der Waals surface area contributed by atoms with E-state index in [2.05, 4.69) is 12.2 Å². The molecule has 20 heavy (non-hydrogen) atoms. The van der Waals surface area contributed by atoms with Crippen LogP contribution in [0.4, 0.5) is 4.39 Å². The molecule has 0 saturated heterocycles. The van der Waals surface area contributed by atoms with Crippen LogP contribution < -0.4 is 10.5 Å². The molecule has 3 N–H and O–H groups in total. The van der Waals surface area contributed by atoms with E-state index in [1.54, 1.807) is 0 Å². The van der Waals surface area contributed by atoms with Crippen molar-refractivity contribution in [2.24, 2.45) is 11.1 Å². The molecule has 0 radical (unpaired) electrons. The third kappa shape index (κ3) is 3.34. The molecule has 5 nitrogen and oxygen atoms in total. The first-order valence-electron chi connectivity index (χ1n) is 6.40. The number of sulfonamides is 1. The van der Waals surface area contributed by atoms with Crippen LogP contribution in [0.15, 0.2) is 23.1 Å². The lowest BCUT2D eigenvalue weighted by Crippen LogP contribution is -2.33. The first-order valence-corrected chi connectivity index (χ1v) is 7.95. The van der Waals surface area contributed by atoms with E-state index in [0.717, 1.165) is 37.5 Å². The number of nitrogens with two attached hydrogens (primary N) is 1. The highest BCUT2D eigenvalue weighted by molar-refractivity contribution is 7.89. The van der Waals surface area contributed by atoms with Gasteiger partial charge in [-0.15, -0.1) is 0 Å². The Labute approximate surface area is 117 Å². The SMILES string of the molecule is CC1CCC(NC(=O)c2cc(S(N)(=O)=O)ccc2F)C1. The Morgan fingerprint density at radius 1 is 1.40 bits per heavy atom. The molecule has 2 unspecified atom stereocenters. The first-order chi connectivity index (χ1) is 9.27. The van der Waals surface area contributed by atoms with E-state index >= 15 is 0 Å². The maximum atomic E-state index is 13.7. The normalized spacial score (nSPS) is 22.8. The molecule has 1 amide bonds. The van der Waals surface area contributed by atoms with Crippen LogP contribution >= 0.6 is 0 Å². The Balaban J connectivity index is 2.21. The summed E-state index contributed by atoms with van der Waals surface area (Å²) in [5.41, 5.74) is -0.295. The summed E-state index contributed by atoms with van der Waals surface area (Å²) in [7, 11) is -3.96. The molecular weight excluding hydrogens is 283 g/mol. The molecule has 0 heterocycles. The van der Waals surface area contributed by atoms with E-state index in [9.17, 15) is 17.6 Å². The monoisotopic (exact) mass is 300 g/mol. The van der Waals surface area contributed by atoms with Crippen molar-refractivity contribution in [3.8, 4) is 0 Å². The van der Waals surface area contributed by atoms with Crippen LogP contribution in [0.2, 0.25) is 0 Å². The van der Waals surface area contributed by atoms with E-state index in [0.29, 0.717) is 5.92 Å². The third-order valence-corrected chi connectivity index (χ3v) is 4.45. The van der Waals surface area contributed by atoms with Crippen molar-refractivity contribution in [2.75, 3.05) is 0 Å². The van der Waals surface area contributed by atoms with Gasteiger partial charge in [-0.05, 0) is 43.4 Å². The predicted molar refractivity (Wildman–Crippen MR) is 72.0 cm³/mol. The topological polar surface area (TPSA) is 89.3 Å². The minimum atomic E-state index is -3.96. The average Bonchev–Trinajstić information content (AvgIpc) is 2.73. The van der Waals surface area contributed by atoms with Crippen molar-refractivity contribution in [1.29, 1.82) is 0 Å². The predicted octanol–water partition coefficient (Wildman–Crippen LogP) is 1.39. The van der Waals surface area contributed by atoms with Gasteiger partial charge in [-0.2, -0.15) is 0 Å². The Morgan fingerprint density at radius 3 is 2.65 bits per heavy atom. The third-order valence-electron chi connectivity index (χ3n) is 3.54. The summed E-state index contributed by atoms with van der Waals surface area (Å²) in [4.78, 5) is 11.7. The van der Waals surface area contributed by atoms with Crippen LogP contribution in [0.25, 0.3) is 0 Å². The van der Waals surface area contributed by atoms with E-state index in [4.69, 9.17) is 5.14 Å². The highest BCUT2D eigenvalue weighted by Gasteiger charge is 2.24. The van der Waals surface area contributed by atoms with Crippen LogP contribution in [0.1, 0.15) is 36.5 Å². The van der Waals surface area contributed by atoms with Gasteiger partial charge in [-0.25, -0.2) is 17.9 Å². The molecule has 0 spiro atoms. The average molecular weight is 300 g/mol. The molecule has 1 aromatic rings. The van der Waals surface area contributed by atoms with Crippen LogP contribution in [0, 0.1) is 11.7 Å². The van der Waals surface area contributed by atoms with E-state index in [-0.39, 0.29) is 16.5 Å². The molecule has 1 aromatic carbocycles. The van der Waals surface area contributed by atoms with Crippen molar-refractivity contribution < 1.29 is 17.6 Å². The number of amides is 1. The number of nitrogens with one attached hydrogen (secondary N) is 1. The van der Waals surface area contributed by atoms with Crippen LogP contribution in [-0.2, 0) is 10.0 Å². The van der Waals surface area contributed by atoms with Gasteiger partial charge in [0.25, 0.3) is 5.91 Å². The molecule has 0 bridgehead atoms. The number of hydrogen-bond donors (Lipinski definition) is 2. The smallest absolute Gasteiger partial charge is 0.254 e. The van der Waals surface area contributed by atoms with Gasteiger partial charge in [0, 0.05) is 6.04 Å². The second-order valence-corrected chi connectivity index (χ2v) is 6.84. The number of rotatable bonds is 3. The summed E-state index contributed by atoms with van der Waals surface area (Å²) < 4.78 is 36.1. The lowest BCUT2D eigenvalue weighted by atomic mass is 10.1. The van der Waals surface area contributed by atoms with E-state index < -0.39 is 21.7 Å². The van der Waals surface area contributed by atoms with Crippen LogP contribution in [0.5, 0.6) is 0 Å². The molecule has 2 rings (SSSR count). The van der Waals surface area contributed by atoms with Gasteiger partial charge in [0.05, 0.1) is 10.5 Å². The van der Waals surface area contributed by atoms with Crippen molar-refractivity contribution in [3.63, 3.8) is 0 Å². The standard InChI is InChI=1S/C13H17FN2O3S/c1-8-2-3-9(6-8)16-13(17)11-7-10(20(15,18)19)4-5-12(11)14/h4-5,7-9H,2-3,6H2,1H3,(H,16,17)(H2,15,18,19). The molecule has 2 atom stereocenters. The molecular formula is C13H17FN2O3S. The van der Waals surface area contributed by atoms with Gasteiger partial charge in [-0.1, -0.05) is 6.92 Å². The quantitative estimate of drug-likeness (QED) is 0.884. The first kappa shape index (κ1) is 14.9. The minimum Gasteiger partial charge on any atom is -0.349 e. The summed E-state index contributed by atoms with van der Waals surface area (Å²) in [6, 6.07) is 2.96. The molecule has 0 aromatic heterocycles. The zero-order chi connectivity index (χ0) is 14.9. The van der Waals surface area contributed by atoms with Gasteiger partial charge >= 0.3 is 0 Å². The summed E-state index contributed by atoms with van der Waals surface area (Å²) >= 11 is 0. The van der Waals surface area contributed by atoms with Gasteiger partial charge in [0.2, 0.25) is 10.0 Å². The lowest BCUT2D eigenvalue weighted by Gasteiger charge is -2.13. The van der Waals surface area contributed by atoms with Gasteiger partial charge in [0.1, 0.15) is 5.82 Å². The summed E-state index contributed by atoms with van der Waals surface area (Å²) in [5.74, 6) is -0.839. The fraction of sp³-hybridized carbons (Fsp3) is 0.462. The Morgan fingerprint density at radius 2 is 2.10 bits per heavy atom. The second kappa shape index (κ2) is 5.49. The number of primary sulfonamides is 1. The molecule has 110 valence electrons. The van der Waals surface area contributed by atoms with Crippen molar-refractivity contribution in [1.82, 2.24) is 5.32 Å². The van der Waals surface area contributed by atoms with Gasteiger partial charge < -0.3 is 5.32 Å². The maximum Gasteiger partial charge on any atom is 0.254 e. The van der Waals surface area contributed by atoms with Crippen molar-refractivity contribution in [3.05, 3.63) is 29.6 Å². The number of hydrogen-bond acceptors (Lipinski definition) is 3. The number of halogens is 1.